The van der Waals surface area contributed by atoms with Gasteiger partial charge in [0.05, 0.1) is 29.3 Å². The third kappa shape index (κ3) is 4.73. The number of hydrogen-bond acceptors (Lipinski definition) is 7. The molecule has 1 aliphatic heterocycles. The fourth-order valence-electron chi connectivity index (χ4n) is 5.17. The highest BCUT2D eigenvalue weighted by Crippen LogP contribution is 2.34. The largest absolute Gasteiger partial charge is 0.288 e. The first-order chi connectivity index (χ1) is 18.7. The zero-order valence-electron chi connectivity index (χ0n) is 21.8. The van der Waals surface area contributed by atoms with Crippen LogP contribution in [0, 0.1) is 12.7 Å². The SMILES string of the molecule is Cc1cc2c(cnn2-c2ccc(F)cc2)cc1[C@H]1CN(S(=O)(=O)c2cnn(C)n2)CCN1Cc1ccn(C)n1. The van der Waals surface area contributed by atoms with Gasteiger partial charge in [-0.15, -0.1) is 5.10 Å². The fraction of sp³-hybridized carbons (Fsp3) is 0.308. The van der Waals surface area contributed by atoms with Gasteiger partial charge in [0.15, 0.2) is 0 Å². The second-order valence-corrected chi connectivity index (χ2v) is 11.7. The Hall–Kier alpha value is -3.94. The molecule has 202 valence electrons. The minimum Gasteiger partial charge on any atom is -0.288 e. The summed E-state index contributed by atoms with van der Waals surface area (Å²) in [5, 5.41) is 18.0. The van der Waals surface area contributed by atoms with Crippen LogP contribution < -0.4 is 0 Å². The summed E-state index contributed by atoms with van der Waals surface area (Å²) in [6, 6.07) is 12.1. The molecular formula is C26H28FN9O2S. The van der Waals surface area contributed by atoms with Crippen molar-refractivity contribution in [3.05, 3.63) is 83.7 Å². The molecule has 39 heavy (non-hydrogen) atoms. The predicted octanol–water partition coefficient (Wildman–Crippen LogP) is 2.58. The van der Waals surface area contributed by atoms with E-state index in [1.54, 1.807) is 34.7 Å². The van der Waals surface area contributed by atoms with Crippen LogP contribution >= 0.6 is 0 Å². The fourth-order valence-corrected chi connectivity index (χ4v) is 6.50. The van der Waals surface area contributed by atoms with E-state index in [4.69, 9.17) is 0 Å². The summed E-state index contributed by atoms with van der Waals surface area (Å²) >= 11 is 0. The molecule has 0 aliphatic carbocycles. The van der Waals surface area contributed by atoms with Gasteiger partial charge in [-0.1, -0.05) is 0 Å². The highest BCUT2D eigenvalue weighted by atomic mass is 32.2. The Morgan fingerprint density at radius 1 is 1.00 bits per heavy atom. The van der Waals surface area contributed by atoms with Gasteiger partial charge in [-0.05, 0) is 60.5 Å². The van der Waals surface area contributed by atoms with Crippen LogP contribution in [0.3, 0.4) is 0 Å². The van der Waals surface area contributed by atoms with E-state index in [0.29, 0.717) is 19.6 Å². The Bertz CT molecular complexity index is 1760. The molecule has 0 unspecified atom stereocenters. The number of hydrogen-bond donors (Lipinski definition) is 0. The maximum Gasteiger partial charge on any atom is 0.264 e. The van der Waals surface area contributed by atoms with Gasteiger partial charge in [0.2, 0.25) is 5.03 Å². The third-order valence-electron chi connectivity index (χ3n) is 7.16. The molecule has 1 saturated heterocycles. The monoisotopic (exact) mass is 549 g/mol. The molecule has 0 N–H and O–H groups in total. The standard InChI is InChI=1S/C26H28FN9O2S/c1-18-12-24-19(14-29-36(24)22-6-4-20(27)5-7-22)13-23(18)25-17-35(39(37,38)26-15-28-33(3)31-26)11-10-34(25)16-21-8-9-32(2)30-21/h4-9,12-15,25H,10-11,16-17H2,1-3H3/t25-/m1/s1. The Morgan fingerprint density at radius 3 is 2.49 bits per heavy atom. The van der Waals surface area contributed by atoms with Crippen molar-refractivity contribution in [3.8, 4) is 5.69 Å². The zero-order valence-corrected chi connectivity index (χ0v) is 22.6. The Morgan fingerprint density at radius 2 is 1.79 bits per heavy atom. The van der Waals surface area contributed by atoms with Gasteiger partial charge in [-0.3, -0.25) is 9.58 Å². The van der Waals surface area contributed by atoms with Crippen LogP contribution in [0.2, 0.25) is 0 Å². The average molecular weight is 550 g/mol. The normalized spacial score (nSPS) is 17.3. The number of benzene rings is 2. The molecule has 0 spiro atoms. The molecular weight excluding hydrogens is 521 g/mol. The van der Waals surface area contributed by atoms with E-state index in [1.807, 2.05) is 26.2 Å². The lowest BCUT2D eigenvalue weighted by molar-refractivity contribution is 0.109. The van der Waals surface area contributed by atoms with E-state index >= 15 is 0 Å². The van der Waals surface area contributed by atoms with E-state index in [9.17, 15) is 12.8 Å². The maximum atomic E-state index is 13.5. The molecule has 0 radical (unpaired) electrons. The summed E-state index contributed by atoms with van der Waals surface area (Å²) in [5.41, 5.74) is 4.57. The molecule has 0 amide bonds. The zero-order chi connectivity index (χ0) is 27.3. The van der Waals surface area contributed by atoms with Gasteiger partial charge >= 0.3 is 0 Å². The highest BCUT2D eigenvalue weighted by molar-refractivity contribution is 7.89. The van der Waals surface area contributed by atoms with E-state index in [1.165, 1.54) is 27.4 Å². The lowest BCUT2D eigenvalue weighted by Crippen LogP contribution is -2.50. The molecule has 4 heterocycles. The van der Waals surface area contributed by atoms with Gasteiger partial charge in [0, 0.05) is 57.9 Å². The molecule has 1 aliphatic rings. The van der Waals surface area contributed by atoms with Crippen LogP contribution in [-0.4, -0.2) is 71.8 Å². The number of piperazine rings is 1. The van der Waals surface area contributed by atoms with Gasteiger partial charge in [0.1, 0.15) is 5.82 Å². The summed E-state index contributed by atoms with van der Waals surface area (Å²) in [4.78, 5) is 3.52. The Kier molecular flexibility index (Phi) is 6.28. The van der Waals surface area contributed by atoms with E-state index in [0.717, 1.165) is 33.4 Å². The molecule has 2 aromatic carbocycles. The van der Waals surface area contributed by atoms with Crippen LogP contribution in [0.4, 0.5) is 4.39 Å². The Balaban J connectivity index is 1.39. The number of aromatic nitrogens is 7. The van der Waals surface area contributed by atoms with Gasteiger partial charge in [-0.25, -0.2) is 17.5 Å². The first kappa shape index (κ1) is 25.3. The van der Waals surface area contributed by atoms with Crippen molar-refractivity contribution in [1.29, 1.82) is 0 Å². The van der Waals surface area contributed by atoms with Crippen molar-refractivity contribution in [2.45, 2.75) is 24.5 Å². The van der Waals surface area contributed by atoms with Crippen molar-refractivity contribution < 1.29 is 12.8 Å². The molecule has 13 heteroatoms. The van der Waals surface area contributed by atoms with Crippen LogP contribution in [0.1, 0.15) is 22.9 Å². The van der Waals surface area contributed by atoms with E-state index in [2.05, 4.69) is 37.4 Å². The molecule has 3 aromatic heterocycles. The van der Waals surface area contributed by atoms with Crippen molar-refractivity contribution in [3.63, 3.8) is 0 Å². The van der Waals surface area contributed by atoms with Gasteiger partial charge in [0.25, 0.3) is 10.0 Å². The number of aryl methyl sites for hydroxylation is 3. The van der Waals surface area contributed by atoms with E-state index in [-0.39, 0.29) is 23.4 Å². The third-order valence-corrected chi connectivity index (χ3v) is 8.88. The lowest BCUT2D eigenvalue weighted by atomic mass is 9.96. The quantitative estimate of drug-likeness (QED) is 0.320. The molecule has 5 aromatic rings. The average Bonchev–Trinajstić information content (AvgIpc) is 3.64. The molecule has 0 bridgehead atoms. The summed E-state index contributed by atoms with van der Waals surface area (Å²) in [6.45, 7) is 3.70. The highest BCUT2D eigenvalue weighted by Gasteiger charge is 2.37. The first-order valence-corrected chi connectivity index (χ1v) is 14.0. The molecule has 1 atom stereocenters. The smallest absolute Gasteiger partial charge is 0.264 e. The summed E-state index contributed by atoms with van der Waals surface area (Å²) in [6.07, 6.45) is 4.97. The van der Waals surface area contributed by atoms with Crippen LogP contribution in [0.15, 0.2) is 66.1 Å². The minimum atomic E-state index is -3.82. The van der Waals surface area contributed by atoms with Crippen LogP contribution in [0.5, 0.6) is 0 Å². The second kappa shape index (κ2) is 9.67. The van der Waals surface area contributed by atoms with Crippen LogP contribution in [-0.2, 0) is 30.7 Å². The van der Waals surface area contributed by atoms with E-state index < -0.39 is 10.0 Å². The topological polar surface area (TPSA) is 107 Å². The van der Waals surface area contributed by atoms with Gasteiger partial charge in [-0.2, -0.15) is 24.4 Å². The minimum absolute atomic E-state index is 0.0605. The predicted molar refractivity (Wildman–Crippen MR) is 142 cm³/mol. The van der Waals surface area contributed by atoms with Crippen molar-refractivity contribution in [2.24, 2.45) is 14.1 Å². The van der Waals surface area contributed by atoms with Crippen molar-refractivity contribution in [1.82, 2.24) is 43.8 Å². The molecule has 11 nitrogen and oxygen atoms in total. The lowest BCUT2D eigenvalue weighted by Gasteiger charge is -2.41. The summed E-state index contributed by atoms with van der Waals surface area (Å²) < 4.78 is 45.4. The van der Waals surface area contributed by atoms with Crippen LogP contribution in [0.25, 0.3) is 16.6 Å². The van der Waals surface area contributed by atoms with Crippen molar-refractivity contribution in [2.75, 3.05) is 19.6 Å². The molecule has 1 fully saturated rings. The summed E-state index contributed by atoms with van der Waals surface area (Å²) in [5.74, 6) is -0.306. The molecule has 6 rings (SSSR count). The maximum absolute atomic E-state index is 13.5. The number of halogens is 1. The number of rotatable bonds is 6. The number of nitrogens with zero attached hydrogens (tertiary/aromatic N) is 9. The summed E-state index contributed by atoms with van der Waals surface area (Å²) in [7, 11) is -0.347. The number of sulfonamides is 1. The number of fused-ring (bicyclic) bond motifs is 1. The van der Waals surface area contributed by atoms with Crippen molar-refractivity contribution >= 4 is 20.9 Å². The van der Waals surface area contributed by atoms with Gasteiger partial charge < -0.3 is 0 Å². The second-order valence-electron chi connectivity index (χ2n) is 9.80. The Labute approximate surface area is 225 Å². The first-order valence-electron chi connectivity index (χ1n) is 12.5. The molecule has 0 saturated carbocycles.